The first-order chi connectivity index (χ1) is 13.0. The van der Waals surface area contributed by atoms with Crippen LogP contribution < -0.4 is 9.47 Å². The van der Waals surface area contributed by atoms with E-state index in [1.807, 2.05) is 12.1 Å². The Hall–Kier alpha value is -2.89. The standard InChI is InChI=1S/C21H22FNO4/c1-26-19-11-15-9-10-23(13-16(15)12-20(19)27-2)21(25)8-7-18(24)14-3-5-17(22)6-4-14/h3-6,11-12H,7-10,13H2,1-2H3. The van der Waals surface area contributed by atoms with E-state index in [2.05, 4.69) is 0 Å². The van der Waals surface area contributed by atoms with Crippen LogP contribution in [0.1, 0.15) is 34.3 Å². The molecule has 2 aromatic rings. The van der Waals surface area contributed by atoms with Gasteiger partial charge in [-0.3, -0.25) is 9.59 Å². The van der Waals surface area contributed by atoms with Gasteiger partial charge < -0.3 is 14.4 Å². The van der Waals surface area contributed by atoms with Gasteiger partial charge in [-0.15, -0.1) is 0 Å². The molecule has 3 rings (SSSR count). The molecule has 0 saturated heterocycles. The molecule has 0 bridgehead atoms. The summed E-state index contributed by atoms with van der Waals surface area (Å²) >= 11 is 0. The maximum atomic E-state index is 12.9. The Morgan fingerprint density at radius 1 is 1.00 bits per heavy atom. The van der Waals surface area contributed by atoms with E-state index in [9.17, 15) is 14.0 Å². The van der Waals surface area contributed by atoms with Crippen LogP contribution in [0.2, 0.25) is 0 Å². The van der Waals surface area contributed by atoms with Crippen molar-refractivity contribution in [1.29, 1.82) is 0 Å². The van der Waals surface area contributed by atoms with Crippen LogP contribution in [-0.2, 0) is 17.8 Å². The summed E-state index contributed by atoms with van der Waals surface area (Å²) < 4.78 is 23.6. The molecule has 1 aliphatic heterocycles. The van der Waals surface area contributed by atoms with Crippen molar-refractivity contribution >= 4 is 11.7 Å². The van der Waals surface area contributed by atoms with Crippen molar-refractivity contribution in [3.05, 3.63) is 58.9 Å². The molecule has 0 fully saturated rings. The Morgan fingerprint density at radius 3 is 2.26 bits per heavy atom. The van der Waals surface area contributed by atoms with Crippen LogP contribution in [0.3, 0.4) is 0 Å². The molecule has 27 heavy (non-hydrogen) atoms. The van der Waals surface area contributed by atoms with E-state index in [-0.39, 0.29) is 30.3 Å². The number of hydrogen-bond donors (Lipinski definition) is 0. The largest absolute Gasteiger partial charge is 0.493 e. The van der Waals surface area contributed by atoms with Gasteiger partial charge in [-0.1, -0.05) is 0 Å². The fraction of sp³-hybridized carbons (Fsp3) is 0.333. The number of ketones is 1. The van der Waals surface area contributed by atoms with Crippen LogP contribution in [0.4, 0.5) is 4.39 Å². The Labute approximate surface area is 157 Å². The highest BCUT2D eigenvalue weighted by molar-refractivity contribution is 5.97. The SMILES string of the molecule is COc1cc2c(cc1OC)CN(C(=O)CCC(=O)c1ccc(F)cc1)CC2. The van der Waals surface area contributed by atoms with Gasteiger partial charge in [0.05, 0.1) is 14.2 Å². The smallest absolute Gasteiger partial charge is 0.223 e. The lowest BCUT2D eigenvalue weighted by atomic mass is 9.98. The van der Waals surface area contributed by atoms with E-state index in [0.717, 1.165) is 17.5 Å². The van der Waals surface area contributed by atoms with Gasteiger partial charge in [-0.25, -0.2) is 4.39 Å². The second-order valence-electron chi connectivity index (χ2n) is 6.47. The molecular weight excluding hydrogens is 349 g/mol. The minimum atomic E-state index is -0.387. The predicted molar refractivity (Wildman–Crippen MR) is 98.6 cm³/mol. The number of methoxy groups -OCH3 is 2. The first-order valence-electron chi connectivity index (χ1n) is 8.82. The summed E-state index contributed by atoms with van der Waals surface area (Å²) in [7, 11) is 3.18. The Bertz CT molecular complexity index is 848. The molecule has 5 nitrogen and oxygen atoms in total. The van der Waals surface area contributed by atoms with Crippen molar-refractivity contribution in [1.82, 2.24) is 4.90 Å². The number of ether oxygens (including phenoxy) is 2. The first kappa shape index (κ1) is 18.9. The first-order valence-corrected chi connectivity index (χ1v) is 8.82. The van der Waals surface area contributed by atoms with Crippen LogP contribution in [0.25, 0.3) is 0 Å². The molecule has 6 heteroatoms. The Balaban J connectivity index is 1.62. The average molecular weight is 371 g/mol. The molecule has 1 amide bonds. The van der Waals surface area contributed by atoms with Crippen LogP contribution in [0.5, 0.6) is 11.5 Å². The van der Waals surface area contributed by atoms with Gasteiger partial charge in [0.15, 0.2) is 17.3 Å². The highest BCUT2D eigenvalue weighted by Crippen LogP contribution is 2.33. The Kier molecular flexibility index (Phi) is 5.74. The van der Waals surface area contributed by atoms with E-state index in [0.29, 0.717) is 30.2 Å². The van der Waals surface area contributed by atoms with E-state index in [4.69, 9.17) is 9.47 Å². The zero-order valence-corrected chi connectivity index (χ0v) is 15.5. The average Bonchev–Trinajstić information content (AvgIpc) is 2.70. The monoisotopic (exact) mass is 371 g/mol. The summed E-state index contributed by atoms with van der Waals surface area (Å²) in [5, 5.41) is 0. The second-order valence-corrected chi connectivity index (χ2v) is 6.47. The maximum absolute atomic E-state index is 12.9. The van der Waals surface area contributed by atoms with E-state index >= 15 is 0 Å². The van der Waals surface area contributed by atoms with Gasteiger partial charge in [0.1, 0.15) is 5.82 Å². The molecule has 0 atom stereocenters. The summed E-state index contributed by atoms with van der Waals surface area (Å²) in [6.45, 7) is 1.09. The van der Waals surface area contributed by atoms with Gasteiger partial charge in [-0.2, -0.15) is 0 Å². The van der Waals surface area contributed by atoms with Crippen LogP contribution in [0.15, 0.2) is 36.4 Å². The summed E-state index contributed by atoms with van der Waals surface area (Å²) in [4.78, 5) is 26.5. The Morgan fingerprint density at radius 2 is 1.63 bits per heavy atom. The fourth-order valence-electron chi connectivity index (χ4n) is 3.25. The van der Waals surface area contributed by atoms with E-state index in [1.54, 1.807) is 19.1 Å². The zero-order chi connectivity index (χ0) is 19.4. The summed E-state index contributed by atoms with van der Waals surface area (Å²) in [5.74, 6) is 0.706. The maximum Gasteiger partial charge on any atom is 0.223 e. The van der Waals surface area contributed by atoms with Crippen LogP contribution >= 0.6 is 0 Å². The molecule has 1 aliphatic rings. The molecule has 142 valence electrons. The molecule has 0 spiro atoms. The highest BCUT2D eigenvalue weighted by atomic mass is 19.1. The van der Waals surface area contributed by atoms with E-state index in [1.165, 1.54) is 24.3 Å². The minimum Gasteiger partial charge on any atom is -0.493 e. The molecule has 1 heterocycles. The summed E-state index contributed by atoms with van der Waals surface area (Å²) in [6.07, 6.45) is 0.978. The van der Waals surface area contributed by atoms with Crippen molar-refractivity contribution in [3.8, 4) is 11.5 Å². The molecular formula is C21H22FNO4. The summed E-state index contributed by atoms with van der Waals surface area (Å²) in [5.41, 5.74) is 2.58. The van der Waals surface area contributed by atoms with Gasteiger partial charge in [0.25, 0.3) is 0 Å². The number of carbonyl (C=O) groups is 2. The molecule has 0 saturated carbocycles. The van der Waals surface area contributed by atoms with Crippen molar-refractivity contribution in [2.45, 2.75) is 25.8 Å². The van der Waals surface area contributed by atoms with Gasteiger partial charge in [0, 0.05) is 31.5 Å². The van der Waals surface area contributed by atoms with Crippen molar-refractivity contribution < 1.29 is 23.5 Å². The second kappa shape index (κ2) is 8.20. The molecule has 0 N–H and O–H groups in total. The lowest BCUT2D eigenvalue weighted by Crippen LogP contribution is -2.36. The van der Waals surface area contributed by atoms with Crippen LogP contribution in [0, 0.1) is 5.82 Å². The van der Waals surface area contributed by atoms with Crippen LogP contribution in [-0.4, -0.2) is 37.4 Å². The zero-order valence-electron chi connectivity index (χ0n) is 15.5. The number of rotatable bonds is 6. The molecule has 0 aromatic heterocycles. The minimum absolute atomic E-state index is 0.0640. The third-order valence-electron chi connectivity index (χ3n) is 4.80. The van der Waals surface area contributed by atoms with Crippen molar-refractivity contribution in [2.24, 2.45) is 0 Å². The number of hydrogen-bond acceptors (Lipinski definition) is 4. The van der Waals surface area contributed by atoms with Gasteiger partial charge in [0.2, 0.25) is 5.91 Å². The molecule has 0 radical (unpaired) electrons. The number of carbonyl (C=O) groups excluding carboxylic acids is 2. The topological polar surface area (TPSA) is 55.8 Å². The summed E-state index contributed by atoms with van der Waals surface area (Å²) in [6, 6.07) is 9.24. The normalized spacial score (nSPS) is 13.1. The highest BCUT2D eigenvalue weighted by Gasteiger charge is 2.23. The molecule has 0 unspecified atom stereocenters. The lowest BCUT2D eigenvalue weighted by Gasteiger charge is -2.29. The fourth-order valence-corrected chi connectivity index (χ4v) is 3.25. The number of halogens is 1. The predicted octanol–water partition coefficient (Wildman–Crippen LogP) is 3.39. The number of Topliss-reactive ketones (excluding diaryl/α,β-unsaturated/α-hetero) is 1. The number of amides is 1. The van der Waals surface area contributed by atoms with Crippen molar-refractivity contribution in [2.75, 3.05) is 20.8 Å². The third-order valence-corrected chi connectivity index (χ3v) is 4.80. The van der Waals surface area contributed by atoms with Gasteiger partial charge >= 0.3 is 0 Å². The van der Waals surface area contributed by atoms with Gasteiger partial charge in [-0.05, 0) is 53.9 Å². The number of benzene rings is 2. The van der Waals surface area contributed by atoms with E-state index < -0.39 is 0 Å². The quantitative estimate of drug-likeness (QED) is 0.731. The third kappa shape index (κ3) is 4.27. The number of fused-ring (bicyclic) bond motifs is 1. The van der Waals surface area contributed by atoms with Crippen molar-refractivity contribution in [3.63, 3.8) is 0 Å². The number of nitrogens with zero attached hydrogens (tertiary/aromatic N) is 1. The lowest BCUT2D eigenvalue weighted by molar-refractivity contribution is -0.132. The molecule has 2 aromatic carbocycles. The molecule has 0 aliphatic carbocycles.